The van der Waals surface area contributed by atoms with Crippen LogP contribution in [0.2, 0.25) is 0 Å². The average molecular weight is 318 g/mol. The van der Waals surface area contributed by atoms with Crippen LogP contribution in [0, 0.1) is 0 Å². The van der Waals surface area contributed by atoms with Crippen LogP contribution in [-0.2, 0) is 9.47 Å². The molecule has 0 aliphatic rings. The van der Waals surface area contributed by atoms with Gasteiger partial charge < -0.3 is 20.5 Å². The van der Waals surface area contributed by atoms with Gasteiger partial charge in [0.15, 0.2) is 0 Å². The van der Waals surface area contributed by atoms with Crippen molar-refractivity contribution in [3.8, 4) is 0 Å². The summed E-state index contributed by atoms with van der Waals surface area (Å²) in [6, 6.07) is 0. The second kappa shape index (κ2) is 12.9. The van der Waals surface area contributed by atoms with Crippen LogP contribution in [0.25, 0.3) is 0 Å². The van der Waals surface area contributed by atoms with Crippen molar-refractivity contribution in [2.45, 2.75) is 3.98 Å². The Labute approximate surface area is 113 Å². The van der Waals surface area contributed by atoms with Crippen LogP contribution in [0.4, 0.5) is 9.59 Å². The van der Waals surface area contributed by atoms with Gasteiger partial charge in [-0.05, 0) is 41.9 Å². The maximum absolute atomic E-state index is 9.85. The summed E-state index contributed by atoms with van der Waals surface area (Å²) in [6.07, 6.45) is -0.407. The van der Waals surface area contributed by atoms with Crippen molar-refractivity contribution in [1.82, 2.24) is 5.32 Å². The molecule has 0 aromatic heterocycles. The lowest BCUT2D eigenvalue weighted by Crippen LogP contribution is -2.16. The smallest absolute Gasteiger partial charge is 0.407 e. The number of methoxy groups -OCH3 is 1. The number of nitrogens with two attached hydrogens (primary N) is 1. The average Bonchev–Trinajstić information content (AvgIpc) is 2.17. The molecule has 16 heavy (non-hydrogen) atoms. The number of nitrogens with one attached hydrogen (secondary N) is 1. The molecular formula is C6H12Cl4N2O4. The first-order chi connectivity index (χ1) is 7.22. The Bertz CT molecular complexity index is 191. The molecule has 0 heterocycles. The molecule has 10 heteroatoms. The third-order valence-electron chi connectivity index (χ3n) is 0.585. The zero-order valence-corrected chi connectivity index (χ0v) is 11.7. The molecule has 0 spiro atoms. The van der Waals surface area contributed by atoms with Gasteiger partial charge in [0.1, 0.15) is 0 Å². The van der Waals surface area contributed by atoms with Crippen LogP contribution in [0.15, 0.2) is 0 Å². The number of ether oxygens (including phenoxy) is 2. The number of carbonyl (C=O) groups is 2. The molecule has 0 fully saturated rings. The predicted molar refractivity (Wildman–Crippen MR) is 64.2 cm³/mol. The minimum absolute atomic E-state index is 0.407. The fourth-order valence-electron chi connectivity index (χ4n) is 0.193. The third-order valence-corrected chi connectivity index (χ3v) is 0.894. The molecule has 0 saturated carbocycles. The lowest BCUT2D eigenvalue weighted by molar-refractivity contribution is 0.171. The topological polar surface area (TPSA) is 90.6 Å². The van der Waals surface area contributed by atoms with Crippen molar-refractivity contribution < 1.29 is 19.1 Å². The van der Waals surface area contributed by atoms with Gasteiger partial charge in [0.05, 0.1) is 7.11 Å². The van der Waals surface area contributed by atoms with Crippen LogP contribution in [0.3, 0.4) is 0 Å². The molecule has 0 atom stereocenters. The van der Waals surface area contributed by atoms with E-state index in [0.29, 0.717) is 0 Å². The van der Waals surface area contributed by atoms with Crippen molar-refractivity contribution in [1.29, 1.82) is 0 Å². The Morgan fingerprint density at radius 2 is 1.62 bits per heavy atom. The molecule has 0 aromatic rings. The highest BCUT2D eigenvalue weighted by Crippen LogP contribution is 2.27. The van der Waals surface area contributed by atoms with Gasteiger partial charge in [-0.2, -0.15) is 0 Å². The third kappa shape index (κ3) is 29.2. The molecule has 0 aromatic carbocycles. The Morgan fingerprint density at radius 3 is 1.62 bits per heavy atom. The molecule has 3 N–H and O–H groups in total. The largest absolute Gasteiger partial charge is 0.453 e. The second-order valence-corrected chi connectivity index (χ2v) is 4.01. The molecule has 0 saturated heterocycles. The summed E-state index contributed by atoms with van der Waals surface area (Å²) in [5.41, 5.74) is 3.35. The summed E-state index contributed by atoms with van der Waals surface area (Å²) in [6.45, 7) is 0. The van der Waals surface area contributed by atoms with E-state index in [-0.39, 0.29) is 0 Å². The number of halogens is 4. The van der Waals surface area contributed by atoms with E-state index in [4.69, 9.17) is 34.8 Å². The lowest BCUT2D eigenvalue weighted by atomic mass is 11.1. The van der Waals surface area contributed by atoms with Crippen LogP contribution in [0.1, 0.15) is 0 Å². The van der Waals surface area contributed by atoms with E-state index in [0.717, 1.165) is 0 Å². The molecule has 98 valence electrons. The minimum Gasteiger partial charge on any atom is -0.453 e. The van der Waals surface area contributed by atoms with Gasteiger partial charge in [0.25, 0.3) is 0 Å². The first kappa shape index (κ1) is 21.2. The number of hydrogen-bond donors (Lipinski definition) is 2. The van der Waals surface area contributed by atoms with E-state index >= 15 is 0 Å². The van der Waals surface area contributed by atoms with Gasteiger partial charge in [0, 0.05) is 18.6 Å². The van der Waals surface area contributed by atoms with E-state index in [1.54, 1.807) is 0 Å². The van der Waals surface area contributed by atoms with Crippen molar-refractivity contribution in [3.05, 3.63) is 0 Å². The summed E-state index contributed by atoms with van der Waals surface area (Å²) in [4.78, 5) is 19.6. The molecule has 1 amide bonds. The molecule has 0 radical (unpaired) electrons. The van der Waals surface area contributed by atoms with E-state index in [1.807, 2.05) is 0 Å². The van der Waals surface area contributed by atoms with Crippen molar-refractivity contribution in [3.63, 3.8) is 0 Å². The van der Waals surface area contributed by atoms with Crippen molar-refractivity contribution in [2.75, 3.05) is 21.2 Å². The SMILES string of the molecule is CN.CNC(=O)OC.O=C(Cl)OC(Cl)(Cl)Cl. The fraction of sp³-hybridized carbons (Fsp3) is 0.667. The van der Waals surface area contributed by atoms with E-state index < -0.39 is 15.5 Å². The van der Waals surface area contributed by atoms with Gasteiger partial charge in [0.2, 0.25) is 0 Å². The van der Waals surface area contributed by atoms with Gasteiger partial charge in [-0.3, -0.25) is 0 Å². The molecule has 6 nitrogen and oxygen atoms in total. The standard InChI is InChI=1S/C3H7NO2.C2Cl4O2.CH5N/c1-4-3(5)6-2;3-1(7)8-2(4,5)6;1-2/h1-2H3,(H,4,5);;2H2,1H3. The zero-order valence-electron chi connectivity index (χ0n) is 8.72. The quantitative estimate of drug-likeness (QED) is 0.528. The Balaban J connectivity index is -0.000000188. The summed E-state index contributed by atoms with van der Waals surface area (Å²) in [7, 11) is 4.32. The van der Waals surface area contributed by atoms with Crippen LogP contribution in [-0.4, -0.2) is 36.7 Å². The molecule has 0 aliphatic carbocycles. The number of alkyl carbamates (subject to hydrolysis) is 1. The van der Waals surface area contributed by atoms with E-state index in [2.05, 4.69) is 32.1 Å². The van der Waals surface area contributed by atoms with Crippen LogP contribution >= 0.6 is 46.4 Å². The molecular weight excluding hydrogens is 306 g/mol. The molecule has 0 rings (SSSR count). The van der Waals surface area contributed by atoms with Gasteiger partial charge >= 0.3 is 15.5 Å². The zero-order chi connectivity index (χ0) is 13.8. The van der Waals surface area contributed by atoms with Gasteiger partial charge in [-0.25, -0.2) is 9.59 Å². The number of carbonyl (C=O) groups excluding carboxylic acids is 2. The van der Waals surface area contributed by atoms with Crippen LogP contribution in [0.5, 0.6) is 0 Å². The van der Waals surface area contributed by atoms with E-state index in [9.17, 15) is 9.59 Å². The minimum atomic E-state index is -2.04. The first-order valence-electron chi connectivity index (χ1n) is 3.51. The molecule has 0 aliphatic heterocycles. The maximum atomic E-state index is 9.85. The normalized spacial score (nSPS) is 8.50. The monoisotopic (exact) mass is 316 g/mol. The number of amides is 1. The van der Waals surface area contributed by atoms with Crippen molar-refractivity contribution in [2.24, 2.45) is 5.73 Å². The Hall–Kier alpha value is -0.140. The second-order valence-electron chi connectivity index (χ2n) is 1.53. The summed E-state index contributed by atoms with van der Waals surface area (Å²) < 4.78 is 5.97. The molecule has 0 unspecified atom stereocenters. The number of alkyl halides is 3. The van der Waals surface area contributed by atoms with Gasteiger partial charge in [-0.1, -0.05) is 0 Å². The van der Waals surface area contributed by atoms with Gasteiger partial charge in [-0.15, -0.1) is 0 Å². The molecule has 0 bridgehead atoms. The highest BCUT2D eigenvalue weighted by molar-refractivity contribution is 6.69. The van der Waals surface area contributed by atoms with Crippen molar-refractivity contribution >= 4 is 57.9 Å². The maximum Gasteiger partial charge on any atom is 0.407 e. The first-order valence-corrected chi connectivity index (χ1v) is 5.02. The Morgan fingerprint density at radius 1 is 1.25 bits per heavy atom. The predicted octanol–water partition coefficient (Wildman–Crippen LogP) is 2.24. The summed E-state index contributed by atoms with van der Waals surface area (Å²) >= 11 is 19.4. The fourth-order valence-corrected chi connectivity index (χ4v) is 0.637. The van der Waals surface area contributed by atoms with Crippen LogP contribution < -0.4 is 11.1 Å². The number of hydrogen-bond acceptors (Lipinski definition) is 5. The summed E-state index contributed by atoms with van der Waals surface area (Å²) in [5, 5.41) is 2.25. The highest BCUT2D eigenvalue weighted by Gasteiger charge is 2.23. The van der Waals surface area contributed by atoms with E-state index in [1.165, 1.54) is 21.2 Å². The summed E-state index contributed by atoms with van der Waals surface area (Å²) in [5.74, 6) is 0. The lowest BCUT2D eigenvalue weighted by Gasteiger charge is -2.06. The highest BCUT2D eigenvalue weighted by atomic mass is 35.6. The number of rotatable bonds is 0. The Kier molecular flexibility index (Phi) is 17.1.